The third kappa shape index (κ3) is 8.03. The molecule has 0 fully saturated rings. The minimum absolute atomic E-state index is 0. The molecule has 0 aromatic heterocycles. The van der Waals surface area contributed by atoms with Crippen LogP contribution in [0.2, 0.25) is 5.02 Å². The number of hydrogen-bond acceptors (Lipinski definition) is 4. The van der Waals surface area contributed by atoms with E-state index in [1.54, 1.807) is 25.1 Å². The molecular formula is C21H27Cl2N3O3. The van der Waals surface area contributed by atoms with E-state index in [1.807, 2.05) is 30.3 Å². The van der Waals surface area contributed by atoms with Crippen molar-refractivity contribution in [3.8, 4) is 0 Å². The van der Waals surface area contributed by atoms with Crippen LogP contribution in [0.3, 0.4) is 0 Å². The molecule has 0 heterocycles. The van der Waals surface area contributed by atoms with Crippen molar-refractivity contribution in [3.05, 3.63) is 70.2 Å². The summed E-state index contributed by atoms with van der Waals surface area (Å²) in [4.78, 5) is 24.5. The minimum Gasteiger partial charge on any atom is -0.392 e. The lowest BCUT2D eigenvalue weighted by atomic mass is 10.1. The van der Waals surface area contributed by atoms with Gasteiger partial charge in [-0.25, -0.2) is 0 Å². The van der Waals surface area contributed by atoms with Gasteiger partial charge < -0.3 is 21.5 Å². The highest BCUT2D eigenvalue weighted by Gasteiger charge is 2.20. The maximum atomic E-state index is 12.3. The Balaban J connectivity index is 0.00000420. The van der Waals surface area contributed by atoms with Crippen molar-refractivity contribution in [1.29, 1.82) is 0 Å². The predicted octanol–water partition coefficient (Wildman–Crippen LogP) is 2.34. The van der Waals surface area contributed by atoms with Crippen LogP contribution in [0.4, 0.5) is 0 Å². The zero-order valence-electron chi connectivity index (χ0n) is 16.2. The molecule has 0 saturated heterocycles. The maximum absolute atomic E-state index is 12.3. The van der Waals surface area contributed by atoms with Gasteiger partial charge in [0.15, 0.2) is 0 Å². The van der Waals surface area contributed by atoms with Crippen LogP contribution in [0.25, 0.3) is 0 Å². The molecule has 0 spiro atoms. The fraction of sp³-hybridized carbons (Fsp3) is 0.333. The molecule has 2 amide bonds. The molecule has 0 saturated carbocycles. The molecule has 2 rings (SSSR count). The Hall–Kier alpha value is -2.12. The summed E-state index contributed by atoms with van der Waals surface area (Å²) in [6.45, 7) is 1.66. The Labute approximate surface area is 182 Å². The number of aryl methyl sites for hydroxylation is 1. The van der Waals surface area contributed by atoms with Crippen LogP contribution in [0, 0.1) is 0 Å². The largest absolute Gasteiger partial charge is 0.392 e. The van der Waals surface area contributed by atoms with Gasteiger partial charge in [0.1, 0.15) is 6.04 Å². The second-order valence-electron chi connectivity index (χ2n) is 6.65. The quantitative estimate of drug-likeness (QED) is 0.481. The zero-order chi connectivity index (χ0) is 20.5. The van der Waals surface area contributed by atoms with Gasteiger partial charge in [-0.1, -0.05) is 48.0 Å². The number of aliphatic hydroxyl groups is 1. The van der Waals surface area contributed by atoms with Crippen LogP contribution in [-0.2, 0) is 29.2 Å². The number of carbonyl (C=O) groups is 2. The molecule has 2 aromatic rings. The van der Waals surface area contributed by atoms with E-state index in [4.69, 9.17) is 17.3 Å². The number of amides is 2. The number of aliphatic hydroxyl groups excluding tert-OH is 1. The number of nitrogens with two attached hydrogens (primary N) is 1. The molecule has 0 aliphatic rings. The molecule has 0 unspecified atom stereocenters. The van der Waals surface area contributed by atoms with E-state index in [9.17, 15) is 14.7 Å². The number of benzene rings is 2. The van der Waals surface area contributed by atoms with E-state index >= 15 is 0 Å². The van der Waals surface area contributed by atoms with E-state index < -0.39 is 12.1 Å². The van der Waals surface area contributed by atoms with E-state index in [0.29, 0.717) is 23.4 Å². The first kappa shape index (κ1) is 24.9. The molecule has 29 heavy (non-hydrogen) atoms. The molecule has 6 nitrogen and oxygen atoms in total. The summed E-state index contributed by atoms with van der Waals surface area (Å²) in [6, 6.07) is 13.4. The molecule has 158 valence electrons. The lowest BCUT2D eigenvalue weighted by molar-refractivity contribution is -0.129. The Bertz CT molecular complexity index is 803. The SMILES string of the molecule is C[C@H](NC(=O)[C@H](N)CCc1ccccc1)C(=O)NCc1cc(Cl)ccc1CO.Cl. The summed E-state index contributed by atoms with van der Waals surface area (Å²) >= 11 is 5.96. The lowest BCUT2D eigenvalue weighted by Crippen LogP contribution is -2.50. The zero-order valence-corrected chi connectivity index (χ0v) is 17.8. The summed E-state index contributed by atoms with van der Waals surface area (Å²) in [5.41, 5.74) is 8.46. The number of halogens is 2. The van der Waals surface area contributed by atoms with Crippen molar-refractivity contribution < 1.29 is 14.7 Å². The van der Waals surface area contributed by atoms with Gasteiger partial charge in [-0.2, -0.15) is 0 Å². The van der Waals surface area contributed by atoms with Gasteiger partial charge in [0.25, 0.3) is 0 Å². The van der Waals surface area contributed by atoms with Crippen molar-refractivity contribution in [2.45, 2.75) is 45.0 Å². The highest BCUT2D eigenvalue weighted by molar-refractivity contribution is 6.30. The molecule has 5 N–H and O–H groups in total. The Kier molecular flexibility index (Phi) is 10.7. The monoisotopic (exact) mass is 439 g/mol. The Morgan fingerprint density at radius 2 is 1.79 bits per heavy atom. The van der Waals surface area contributed by atoms with Crippen LogP contribution in [0.15, 0.2) is 48.5 Å². The van der Waals surface area contributed by atoms with E-state index in [0.717, 1.165) is 11.1 Å². The van der Waals surface area contributed by atoms with Crippen molar-refractivity contribution in [3.63, 3.8) is 0 Å². The average molecular weight is 440 g/mol. The minimum atomic E-state index is -0.730. The van der Waals surface area contributed by atoms with Gasteiger partial charge in [-0.05, 0) is 48.6 Å². The molecule has 0 aliphatic carbocycles. The molecule has 0 radical (unpaired) electrons. The Morgan fingerprint density at radius 3 is 2.45 bits per heavy atom. The first-order valence-electron chi connectivity index (χ1n) is 9.16. The summed E-state index contributed by atoms with van der Waals surface area (Å²) in [7, 11) is 0. The van der Waals surface area contributed by atoms with Crippen LogP contribution in [0.1, 0.15) is 30.0 Å². The second kappa shape index (κ2) is 12.4. The van der Waals surface area contributed by atoms with E-state index in [1.165, 1.54) is 0 Å². The number of carbonyl (C=O) groups excluding carboxylic acids is 2. The van der Waals surface area contributed by atoms with Crippen LogP contribution < -0.4 is 16.4 Å². The lowest BCUT2D eigenvalue weighted by Gasteiger charge is -2.18. The van der Waals surface area contributed by atoms with Crippen molar-refractivity contribution in [2.24, 2.45) is 5.73 Å². The number of nitrogens with one attached hydrogen (secondary N) is 2. The molecule has 8 heteroatoms. The molecule has 0 aliphatic heterocycles. The van der Waals surface area contributed by atoms with Gasteiger partial charge in [-0.15, -0.1) is 12.4 Å². The third-order valence-corrected chi connectivity index (χ3v) is 4.70. The highest BCUT2D eigenvalue weighted by Crippen LogP contribution is 2.16. The van der Waals surface area contributed by atoms with Gasteiger partial charge in [-0.3, -0.25) is 9.59 Å². The van der Waals surface area contributed by atoms with E-state index in [2.05, 4.69) is 10.6 Å². The molecule has 0 bridgehead atoms. The summed E-state index contributed by atoms with van der Waals surface area (Å²) < 4.78 is 0. The third-order valence-electron chi connectivity index (χ3n) is 4.47. The first-order valence-corrected chi connectivity index (χ1v) is 9.54. The summed E-state index contributed by atoms with van der Waals surface area (Å²) in [5, 5.41) is 15.3. The van der Waals surface area contributed by atoms with Crippen LogP contribution in [-0.4, -0.2) is 29.0 Å². The second-order valence-corrected chi connectivity index (χ2v) is 7.09. The molecule has 2 aromatic carbocycles. The average Bonchev–Trinajstić information content (AvgIpc) is 2.70. The fourth-order valence-electron chi connectivity index (χ4n) is 2.73. The van der Waals surface area contributed by atoms with Crippen molar-refractivity contribution in [2.75, 3.05) is 0 Å². The first-order chi connectivity index (χ1) is 13.4. The number of hydrogen-bond donors (Lipinski definition) is 4. The summed E-state index contributed by atoms with van der Waals surface area (Å²) in [5.74, 6) is -0.704. The predicted molar refractivity (Wildman–Crippen MR) is 117 cm³/mol. The normalized spacial score (nSPS) is 12.4. The van der Waals surface area contributed by atoms with E-state index in [-0.39, 0.29) is 37.4 Å². The van der Waals surface area contributed by atoms with Crippen molar-refractivity contribution >= 4 is 35.8 Å². The smallest absolute Gasteiger partial charge is 0.242 e. The van der Waals surface area contributed by atoms with Crippen LogP contribution in [0.5, 0.6) is 0 Å². The fourth-order valence-corrected chi connectivity index (χ4v) is 2.93. The van der Waals surface area contributed by atoms with Crippen LogP contribution >= 0.6 is 24.0 Å². The molecule has 2 atom stereocenters. The van der Waals surface area contributed by atoms with Gasteiger partial charge >= 0.3 is 0 Å². The molecular weight excluding hydrogens is 413 g/mol. The van der Waals surface area contributed by atoms with Crippen molar-refractivity contribution in [1.82, 2.24) is 10.6 Å². The van der Waals surface area contributed by atoms with Gasteiger partial charge in [0.2, 0.25) is 11.8 Å². The Morgan fingerprint density at radius 1 is 1.10 bits per heavy atom. The van der Waals surface area contributed by atoms with Gasteiger partial charge in [0, 0.05) is 11.6 Å². The number of rotatable bonds is 9. The standard InChI is InChI=1S/C21H26ClN3O3.ClH/c1-14(20(27)24-12-17-11-18(22)9-8-16(17)13-26)25-21(28)19(23)10-7-15-5-3-2-4-6-15;/h2-6,8-9,11,14,19,26H,7,10,12-13,23H2,1H3,(H,24,27)(H,25,28);1H/t14-,19+;/m0./s1. The summed E-state index contributed by atoms with van der Waals surface area (Å²) in [6.07, 6.45) is 1.18. The highest BCUT2D eigenvalue weighted by atomic mass is 35.5. The van der Waals surface area contributed by atoms with Gasteiger partial charge in [0.05, 0.1) is 12.6 Å². The maximum Gasteiger partial charge on any atom is 0.242 e. The topological polar surface area (TPSA) is 104 Å².